The van der Waals surface area contributed by atoms with E-state index < -0.39 is 0 Å². The highest BCUT2D eigenvalue weighted by Gasteiger charge is 2.52. The van der Waals surface area contributed by atoms with Crippen molar-refractivity contribution in [3.05, 3.63) is 89.5 Å². The molecule has 0 heterocycles. The van der Waals surface area contributed by atoms with Crippen molar-refractivity contribution in [2.24, 2.45) is 17.8 Å². The monoisotopic (exact) mass is 480 g/mol. The van der Waals surface area contributed by atoms with Crippen LogP contribution < -0.4 is 15.4 Å². The van der Waals surface area contributed by atoms with E-state index >= 15 is 0 Å². The van der Waals surface area contributed by atoms with E-state index in [0.29, 0.717) is 16.8 Å². The molecule has 7 rings (SSSR count). The Labute approximate surface area is 212 Å². The number of carbonyl (C=O) groups excluding carboxylic acids is 2. The van der Waals surface area contributed by atoms with Gasteiger partial charge in [-0.3, -0.25) is 9.59 Å². The zero-order valence-corrected chi connectivity index (χ0v) is 20.6. The minimum atomic E-state index is -0.186. The van der Waals surface area contributed by atoms with Crippen LogP contribution in [0.5, 0.6) is 5.75 Å². The molecule has 4 aliphatic rings. The molecule has 5 nitrogen and oxygen atoms in total. The molecule has 0 radical (unpaired) electrons. The fraction of sp³-hybridized carbons (Fsp3) is 0.355. The van der Waals surface area contributed by atoms with Crippen molar-refractivity contribution >= 4 is 23.2 Å². The minimum absolute atomic E-state index is 0.143. The summed E-state index contributed by atoms with van der Waals surface area (Å²) in [6.07, 6.45) is 7.77. The summed E-state index contributed by atoms with van der Waals surface area (Å²) in [5.41, 5.74) is 3.93. The molecule has 184 valence electrons. The molecular formula is C31H32N2O3. The van der Waals surface area contributed by atoms with Crippen molar-refractivity contribution in [2.75, 3.05) is 17.7 Å². The number of hydrogen-bond donors (Lipinski definition) is 2. The number of rotatable bonds is 6. The lowest BCUT2D eigenvalue weighted by Crippen LogP contribution is -2.48. The van der Waals surface area contributed by atoms with Crippen LogP contribution in [-0.4, -0.2) is 18.9 Å². The summed E-state index contributed by atoms with van der Waals surface area (Å²) in [6.45, 7) is 0. The fourth-order valence-corrected chi connectivity index (χ4v) is 7.34. The second-order valence-electron chi connectivity index (χ2n) is 11.0. The van der Waals surface area contributed by atoms with Crippen LogP contribution >= 0.6 is 0 Å². The molecule has 4 saturated carbocycles. The Morgan fingerprint density at radius 3 is 1.83 bits per heavy atom. The Bertz CT molecular complexity index is 1250. The number of para-hydroxylation sites is 1. The second-order valence-corrected chi connectivity index (χ2v) is 11.0. The molecule has 0 aromatic heterocycles. The van der Waals surface area contributed by atoms with Crippen LogP contribution in [0.2, 0.25) is 0 Å². The molecule has 3 aromatic rings. The van der Waals surface area contributed by atoms with E-state index in [1.165, 1.54) is 44.1 Å². The predicted octanol–water partition coefficient (Wildman–Crippen LogP) is 6.67. The number of methoxy groups -OCH3 is 1. The standard InChI is InChI=1S/C31H32N2O3/c1-36-28-12-9-24(16-27(28)31-17-20-13-21(18-31)15-22(14-20)19-31)30(35)33-26-10-7-23(8-11-26)29(34)32-25-5-3-2-4-6-25/h2-12,16,20-22H,13-15,17-19H2,1H3,(H,32,34)(H,33,35). The van der Waals surface area contributed by atoms with Gasteiger partial charge >= 0.3 is 0 Å². The topological polar surface area (TPSA) is 67.4 Å². The number of hydrogen-bond acceptors (Lipinski definition) is 3. The third-order valence-corrected chi connectivity index (χ3v) is 8.51. The molecular weight excluding hydrogens is 448 g/mol. The van der Waals surface area contributed by atoms with E-state index in [0.717, 1.165) is 29.2 Å². The van der Waals surface area contributed by atoms with E-state index in [1.54, 1.807) is 31.4 Å². The van der Waals surface area contributed by atoms with Gasteiger partial charge in [-0.15, -0.1) is 0 Å². The van der Waals surface area contributed by atoms with Crippen molar-refractivity contribution in [1.82, 2.24) is 0 Å². The van der Waals surface area contributed by atoms with E-state index in [4.69, 9.17) is 4.74 Å². The first-order valence-electron chi connectivity index (χ1n) is 13.0. The number of benzene rings is 3. The highest BCUT2D eigenvalue weighted by Crippen LogP contribution is 2.61. The first-order chi connectivity index (χ1) is 17.5. The first-order valence-corrected chi connectivity index (χ1v) is 13.0. The average Bonchev–Trinajstić information content (AvgIpc) is 2.88. The predicted molar refractivity (Wildman–Crippen MR) is 142 cm³/mol. The van der Waals surface area contributed by atoms with E-state index in [1.807, 2.05) is 42.5 Å². The Morgan fingerprint density at radius 2 is 1.25 bits per heavy atom. The summed E-state index contributed by atoms with van der Waals surface area (Å²) in [4.78, 5) is 25.7. The molecule has 4 fully saturated rings. The maximum absolute atomic E-state index is 13.2. The van der Waals surface area contributed by atoms with Crippen LogP contribution in [0.3, 0.4) is 0 Å². The molecule has 0 unspecified atom stereocenters. The van der Waals surface area contributed by atoms with Crippen molar-refractivity contribution in [1.29, 1.82) is 0 Å². The van der Waals surface area contributed by atoms with Crippen molar-refractivity contribution in [2.45, 2.75) is 43.9 Å². The van der Waals surface area contributed by atoms with Gasteiger partial charge in [0.25, 0.3) is 11.8 Å². The van der Waals surface area contributed by atoms with Gasteiger partial charge in [-0.1, -0.05) is 18.2 Å². The van der Waals surface area contributed by atoms with Gasteiger partial charge in [-0.05, 0) is 116 Å². The number of anilines is 2. The van der Waals surface area contributed by atoms with Gasteiger partial charge < -0.3 is 15.4 Å². The highest BCUT2D eigenvalue weighted by atomic mass is 16.5. The molecule has 3 aromatic carbocycles. The maximum atomic E-state index is 13.2. The molecule has 0 atom stereocenters. The summed E-state index contributed by atoms with van der Waals surface area (Å²) in [5, 5.41) is 5.88. The van der Waals surface area contributed by atoms with E-state index in [-0.39, 0.29) is 17.2 Å². The van der Waals surface area contributed by atoms with E-state index in [2.05, 4.69) is 16.7 Å². The lowest BCUT2D eigenvalue weighted by Gasteiger charge is -2.57. The minimum Gasteiger partial charge on any atom is -0.496 e. The van der Waals surface area contributed by atoms with Crippen LogP contribution in [0.4, 0.5) is 11.4 Å². The zero-order chi connectivity index (χ0) is 24.7. The van der Waals surface area contributed by atoms with Gasteiger partial charge in [0.1, 0.15) is 5.75 Å². The van der Waals surface area contributed by atoms with Crippen LogP contribution in [0.15, 0.2) is 72.8 Å². The van der Waals surface area contributed by atoms with Crippen LogP contribution in [0.25, 0.3) is 0 Å². The summed E-state index contributed by atoms with van der Waals surface area (Å²) >= 11 is 0. The van der Waals surface area contributed by atoms with Gasteiger partial charge in [0.05, 0.1) is 7.11 Å². The Balaban J connectivity index is 1.19. The van der Waals surface area contributed by atoms with Crippen molar-refractivity contribution in [3.63, 3.8) is 0 Å². The van der Waals surface area contributed by atoms with Gasteiger partial charge in [-0.25, -0.2) is 0 Å². The normalized spacial score (nSPS) is 25.9. The molecule has 2 amide bonds. The SMILES string of the molecule is COc1ccc(C(=O)Nc2ccc(C(=O)Nc3ccccc3)cc2)cc1C12CC3CC(CC(C3)C1)C2. The fourth-order valence-electron chi connectivity index (χ4n) is 7.34. The molecule has 0 spiro atoms. The van der Waals surface area contributed by atoms with Crippen molar-refractivity contribution in [3.8, 4) is 5.75 Å². The number of carbonyl (C=O) groups is 2. The summed E-state index contributed by atoms with van der Waals surface area (Å²) < 4.78 is 5.80. The summed E-state index contributed by atoms with van der Waals surface area (Å²) in [7, 11) is 1.73. The third kappa shape index (κ3) is 4.27. The molecule has 0 saturated heterocycles. The summed E-state index contributed by atoms with van der Waals surface area (Å²) in [6, 6.07) is 22.2. The maximum Gasteiger partial charge on any atom is 0.255 e. The van der Waals surface area contributed by atoms with Crippen LogP contribution in [-0.2, 0) is 5.41 Å². The number of amides is 2. The summed E-state index contributed by atoms with van der Waals surface area (Å²) in [5.74, 6) is 3.02. The van der Waals surface area contributed by atoms with Crippen LogP contribution in [0, 0.1) is 17.8 Å². The molecule has 5 heteroatoms. The highest BCUT2D eigenvalue weighted by molar-refractivity contribution is 6.06. The molecule has 36 heavy (non-hydrogen) atoms. The lowest BCUT2D eigenvalue weighted by atomic mass is 9.48. The largest absolute Gasteiger partial charge is 0.496 e. The average molecular weight is 481 g/mol. The molecule has 4 bridgehead atoms. The van der Waals surface area contributed by atoms with Gasteiger partial charge in [0, 0.05) is 28.1 Å². The molecule has 4 aliphatic carbocycles. The van der Waals surface area contributed by atoms with Gasteiger partial charge in [0.15, 0.2) is 0 Å². The Kier molecular flexibility index (Phi) is 5.79. The second kappa shape index (κ2) is 9.12. The van der Waals surface area contributed by atoms with Gasteiger partial charge in [0.2, 0.25) is 0 Å². The van der Waals surface area contributed by atoms with Crippen LogP contribution in [0.1, 0.15) is 64.8 Å². The quantitative estimate of drug-likeness (QED) is 0.414. The number of nitrogens with one attached hydrogen (secondary N) is 2. The van der Waals surface area contributed by atoms with Gasteiger partial charge in [-0.2, -0.15) is 0 Å². The smallest absolute Gasteiger partial charge is 0.255 e. The third-order valence-electron chi connectivity index (χ3n) is 8.51. The Morgan fingerprint density at radius 1 is 0.722 bits per heavy atom. The van der Waals surface area contributed by atoms with E-state index in [9.17, 15) is 9.59 Å². The number of ether oxygens (including phenoxy) is 1. The molecule has 0 aliphatic heterocycles. The molecule has 2 N–H and O–H groups in total. The Hall–Kier alpha value is -3.60. The van der Waals surface area contributed by atoms with Crippen molar-refractivity contribution < 1.29 is 14.3 Å². The lowest BCUT2D eigenvalue weighted by molar-refractivity contribution is -0.00617. The first kappa shape index (κ1) is 22.8. The zero-order valence-electron chi connectivity index (χ0n) is 20.6.